The van der Waals surface area contributed by atoms with Gasteiger partial charge >= 0.3 is 0 Å². The van der Waals surface area contributed by atoms with E-state index < -0.39 is 0 Å². The van der Waals surface area contributed by atoms with Crippen molar-refractivity contribution in [3.63, 3.8) is 0 Å². The summed E-state index contributed by atoms with van der Waals surface area (Å²) >= 11 is 0. The van der Waals surface area contributed by atoms with E-state index in [-0.39, 0.29) is 5.91 Å². The second-order valence-corrected chi connectivity index (χ2v) is 5.04. The van der Waals surface area contributed by atoms with Crippen molar-refractivity contribution >= 4 is 11.6 Å². The molecule has 0 aliphatic heterocycles. The number of hydrogen-bond donors (Lipinski definition) is 2. The second-order valence-electron chi connectivity index (χ2n) is 5.04. The van der Waals surface area contributed by atoms with E-state index in [2.05, 4.69) is 12.2 Å². The van der Waals surface area contributed by atoms with Crippen LogP contribution >= 0.6 is 0 Å². The molecule has 1 aromatic carbocycles. The van der Waals surface area contributed by atoms with Crippen molar-refractivity contribution in [1.82, 2.24) is 0 Å². The van der Waals surface area contributed by atoms with Gasteiger partial charge in [0.25, 0.3) is 0 Å². The van der Waals surface area contributed by atoms with Crippen LogP contribution in [-0.2, 0) is 0 Å². The second kappa shape index (κ2) is 8.57. The van der Waals surface area contributed by atoms with Crippen molar-refractivity contribution in [2.75, 3.05) is 11.9 Å². The Balaban J connectivity index is 2.33. The van der Waals surface area contributed by atoms with Gasteiger partial charge in [0.05, 0.1) is 0 Å². The molecule has 3 N–H and O–H groups in total. The number of benzene rings is 1. The fourth-order valence-corrected chi connectivity index (χ4v) is 2.22. The van der Waals surface area contributed by atoms with Gasteiger partial charge in [-0.25, -0.2) is 0 Å². The Morgan fingerprint density at radius 3 is 2.53 bits per heavy atom. The third-order valence-electron chi connectivity index (χ3n) is 3.45. The Bertz CT molecular complexity index is 402. The molecule has 0 saturated heterocycles. The highest BCUT2D eigenvalue weighted by Gasteiger charge is 2.07. The van der Waals surface area contributed by atoms with Crippen LogP contribution in [0.15, 0.2) is 18.2 Å². The largest absolute Gasteiger partial charge is 0.385 e. The number of carbonyl (C=O) groups is 1. The average Bonchev–Trinajstić information content (AvgIpc) is 2.39. The van der Waals surface area contributed by atoms with Gasteiger partial charge in [-0.05, 0) is 31.0 Å². The van der Waals surface area contributed by atoms with Crippen molar-refractivity contribution in [2.45, 2.75) is 52.4 Å². The average molecular weight is 262 g/mol. The number of carbonyl (C=O) groups excluding carboxylic acids is 1. The van der Waals surface area contributed by atoms with Gasteiger partial charge in [0.2, 0.25) is 5.91 Å². The van der Waals surface area contributed by atoms with Crippen LogP contribution in [0.1, 0.15) is 61.4 Å². The molecule has 0 spiro atoms. The quantitative estimate of drug-likeness (QED) is 0.664. The summed E-state index contributed by atoms with van der Waals surface area (Å²) in [6, 6.07) is 5.64. The van der Waals surface area contributed by atoms with Crippen LogP contribution in [-0.4, -0.2) is 12.5 Å². The summed E-state index contributed by atoms with van der Waals surface area (Å²) in [6.45, 7) is 5.12. The summed E-state index contributed by atoms with van der Waals surface area (Å²) in [6.07, 6.45) is 7.72. The van der Waals surface area contributed by atoms with Crippen LogP contribution in [0.5, 0.6) is 0 Å². The Kier molecular flexibility index (Phi) is 7.01. The highest BCUT2D eigenvalue weighted by Crippen LogP contribution is 2.18. The van der Waals surface area contributed by atoms with E-state index in [1.807, 2.05) is 19.1 Å². The summed E-state index contributed by atoms with van der Waals surface area (Å²) in [5.74, 6) is -0.360. The van der Waals surface area contributed by atoms with E-state index >= 15 is 0 Å². The van der Waals surface area contributed by atoms with Gasteiger partial charge in [0.15, 0.2) is 0 Å². The fraction of sp³-hybridized carbons (Fsp3) is 0.562. The molecule has 0 radical (unpaired) electrons. The zero-order chi connectivity index (χ0) is 14.1. The summed E-state index contributed by atoms with van der Waals surface area (Å²) in [4.78, 5) is 11.2. The standard InChI is InChI=1S/C16H26N2O/c1-3-4-5-6-7-8-12-18-15-11-9-10-14(13(15)2)16(17)19/h9-11,18H,3-8,12H2,1-2H3,(H2,17,19). The Morgan fingerprint density at radius 1 is 1.16 bits per heavy atom. The summed E-state index contributed by atoms with van der Waals surface area (Å²) in [5.41, 5.74) is 7.91. The molecule has 0 fully saturated rings. The van der Waals surface area contributed by atoms with Crippen molar-refractivity contribution in [1.29, 1.82) is 0 Å². The van der Waals surface area contributed by atoms with Gasteiger partial charge in [-0.15, -0.1) is 0 Å². The molecule has 1 rings (SSSR count). The normalized spacial score (nSPS) is 10.4. The van der Waals surface area contributed by atoms with Gasteiger partial charge in [0.1, 0.15) is 0 Å². The first-order chi connectivity index (χ1) is 9.16. The van der Waals surface area contributed by atoms with Crippen molar-refractivity contribution in [3.8, 4) is 0 Å². The molecule has 0 aliphatic rings. The molecule has 1 amide bonds. The zero-order valence-corrected chi connectivity index (χ0v) is 12.2. The highest BCUT2D eigenvalue weighted by atomic mass is 16.1. The zero-order valence-electron chi connectivity index (χ0n) is 12.2. The molecule has 0 atom stereocenters. The third-order valence-corrected chi connectivity index (χ3v) is 3.45. The lowest BCUT2D eigenvalue weighted by Gasteiger charge is -2.11. The molecular formula is C16H26N2O. The minimum Gasteiger partial charge on any atom is -0.385 e. The number of nitrogens with two attached hydrogens (primary N) is 1. The van der Waals surface area contributed by atoms with Crippen molar-refractivity contribution in [3.05, 3.63) is 29.3 Å². The molecule has 0 aliphatic carbocycles. The molecule has 0 heterocycles. The van der Waals surface area contributed by atoms with E-state index in [9.17, 15) is 4.79 Å². The van der Waals surface area contributed by atoms with E-state index in [1.54, 1.807) is 6.07 Å². The number of nitrogens with one attached hydrogen (secondary N) is 1. The number of hydrogen-bond acceptors (Lipinski definition) is 2. The van der Waals surface area contributed by atoms with Gasteiger partial charge < -0.3 is 11.1 Å². The van der Waals surface area contributed by atoms with Crippen molar-refractivity contribution < 1.29 is 4.79 Å². The molecule has 3 nitrogen and oxygen atoms in total. The molecular weight excluding hydrogens is 236 g/mol. The molecule has 0 saturated carbocycles. The fourth-order valence-electron chi connectivity index (χ4n) is 2.22. The highest BCUT2D eigenvalue weighted by molar-refractivity contribution is 5.95. The van der Waals surface area contributed by atoms with Crippen LogP contribution in [0.2, 0.25) is 0 Å². The molecule has 106 valence electrons. The number of primary amides is 1. The Morgan fingerprint density at radius 2 is 1.84 bits per heavy atom. The third kappa shape index (κ3) is 5.33. The predicted molar refractivity (Wildman–Crippen MR) is 81.6 cm³/mol. The minimum absolute atomic E-state index is 0.360. The summed E-state index contributed by atoms with van der Waals surface area (Å²) < 4.78 is 0. The van der Waals surface area contributed by atoms with E-state index in [4.69, 9.17) is 5.73 Å². The SMILES string of the molecule is CCCCCCCCNc1cccc(C(N)=O)c1C. The van der Waals surface area contributed by atoms with Crippen LogP contribution in [0.3, 0.4) is 0 Å². The summed E-state index contributed by atoms with van der Waals surface area (Å²) in [5, 5.41) is 3.39. The number of rotatable bonds is 9. The minimum atomic E-state index is -0.360. The predicted octanol–water partition coefficient (Wildman–Crippen LogP) is 3.87. The van der Waals surface area contributed by atoms with Crippen LogP contribution in [0, 0.1) is 6.92 Å². The molecule has 1 aromatic rings. The topological polar surface area (TPSA) is 55.1 Å². The Labute approximate surface area is 116 Å². The van der Waals surface area contributed by atoms with Gasteiger partial charge in [0, 0.05) is 17.8 Å². The monoisotopic (exact) mass is 262 g/mol. The molecule has 0 aromatic heterocycles. The maximum absolute atomic E-state index is 11.2. The van der Waals surface area contributed by atoms with Crippen LogP contribution in [0.4, 0.5) is 5.69 Å². The van der Waals surface area contributed by atoms with Crippen molar-refractivity contribution in [2.24, 2.45) is 5.73 Å². The smallest absolute Gasteiger partial charge is 0.249 e. The molecule has 3 heteroatoms. The lowest BCUT2D eigenvalue weighted by atomic mass is 10.1. The van der Waals surface area contributed by atoms with Gasteiger partial charge in [-0.1, -0.05) is 45.1 Å². The van der Waals surface area contributed by atoms with Gasteiger partial charge in [-0.3, -0.25) is 4.79 Å². The lowest BCUT2D eigenvalue weighted by molar-refractivity contribution is 0.1000. The molecule has 0 unspecified atom stereocenters. The van der Waals surface area contributed by atoms with Gasteiger partial charge in [-0.2, -0.15) is 0 Å². The maximum Gasteiger partial charge on any atom is 0.249 e. The first kappa shape index (κ1) is 15.5. The van der Waals surface area contributed by atoms with E-state index in [1.165, 1.54) is 38.5 Å². The van der Waals surface area contributed by atoms with E-state index in [0.29, 0.717) is 5.56 Å². The first-order valence-electron chi connectivity index (χ1n) is 7.30. The first-order valence-corrected chi connectivity index (χ1v) is 7.30. The number of amides is 1. The molecule has 19 heavy (non-hydrogen) atoms. The summed E-state index contributed by atoms with van der Waals surface area (Å²) in [7, 11) is 0. The van der Waals surface area contributed by atoms with E-state index in [0.717, 1.165) is 17.8 Å². The van der Waals surface area contributed by atoms with Crippen LogP contribution in [0.25, 0.3) is 0 Å². The number of unbranched alkanes of at least 4 members (excludes halogenated alkanes) is 5. The van der Waals surface area contributed by atoms with Crippen LogP contribution < -0.4 is 11.1 Å². The number of anilines is 1. The lowest BCUT2D eigenvalue weighted by Crippen LogP contribution is -2.14. The molecule has 0 bridgehead atoms. The Hall–Kier alpha value is -1.51. The maximum atomic E-state index is 11.2.